The Morgan fingerprint density at radius 3 is 2.87 bits per heavy atom. The van der Waals surface area contributed by atoms with Gasteiger partial charge in [-0.1, -0.05) is 42.1 Å². The topological polar surface area (TPSA) is 53.3 Å². The molecule has 5 nitrogen and oxygen atoms in total. The second kappa shape index (κ2) is 9.45. The van der Waals surface area contributed by atoms with E-state index < -0.39 is 5.82 Å². The highest BCUT2D eigenvalue weighted by atomic mass is 32.2. The highest BCUT2D eigenvalue weighted by molar-refractivity contribution is 7.99. The monoisotopic (exact) mass is 426 g/mol. The van der Waals surface area contributed by atoms with E-state index in [0.29, 0.717) is 12.3 Å². The molecule has 0 saturated carbocycles. The van der Waals surface area contributed by atoms with Gasteiger partial charge in [-0.25, -0.2) is 9.37 Å². The Hall–Kier alpha value is -2.64. The van der Waals surface area contributed by atoms with Gasteiger partial charge in [-0.2, -0.15) is 0 Å². The van der Waals surface area contributed by atoms with Gasteiger partial charge in [0.05, 0.1) is 43.0 Å². The summed E-state index contributed by atoms with van der Waals surface area (Å²) in [5.74, 6) is -0.161. The number of ketones is 1. The number of hydrogen-bond acceptors (Lipinski definition) is 5. The quantitative estimate of drug-likeness (QED) is 0.381. The molecule has 0 N–H and O–H groups in total. The summed E-state index contributed by atoms with van der Waals surface area (Å²) in [6.07, 6.45) is 4.04. The van der Waals surface area contributed by atoms with Crippen molar-refractivity contribution < 1.29 is 18.7 Å². The van der Waals surface area contributed by atoms with Gasteiger partial charge in [0.15, 0.2) is 10.9 Å². The van der Waals surface area contributed by atoms with Gasteiger partial charge >= 0.3 is 0 Å². The van der Waals surface area contributed by atoms with Crippen LogP contribution in [0.1, 0.15) is 23.2 Å². The van der Waals surface area contributed by atoms with E-state index in [4.69, 9.17) is 9.47 Å². The number of thioether (sulfide) groups is 1. The number of aromatic nitrogens is 2. The lowest BCUT2D eigenvalue weighted by Crippen LogP contribution is -2.17. The SMILES string of the molecule is COc1ccc(F)cc1C(=O)CSc1ncc(-c2ccccc2)n1CC1CCCO1. The number of benzene rings is 2. The number of methoxy groups -OCH3 is 1. The summed E-state index contributed by atoms with van der Waals surface area (Å²) >= 11 is 1.34. The average Bonchev–Trinajstić information content (AvgIpc) is 3.43. The van der Waals surface area contributed by atoms with Crippen LogP contribution in [0.3, 0.4) is 0 Å². The first-order chi connectivity index (χ1) is 14.7. The third-order valence-electron chi connectivity index (χ3n) is 5.09. The Kier molecular flexibility index (Phi) is 6.50. The normalized spacial score (nSPS) is 16.0. The molecule has 1 saturated heterocycles. The van der Waals surface area contributed by atoms with Crippen LogP contribution in [0, 0.1) is 5.82 Å². The van der Waals surface area contributed by atoms with E-state index in [9.17, 15) is 9.18 Å². The number of hydrogen-bond donors (Lipinski definition) is 0. The molecule has 156 valence electrons. The third kappa shape index (κ3) is 4.57. The Bertz CT molecular complexity index is 1020. The summed E-state index contributed by atoms with van der Waals surface area (Å²) < 4.78 is 26.8. The summed E-state index contributed by atoms with van der Waals surface area (Å²) in [5.41, 5.74) is 2.29. The zero-order valence-corrected chi connectivity index (χ0v) is 17.5. The van der Waals surface area contributed by atoms with Crippen LogP contribution < -0.4 is 4.74 Å². The van der Waals surface area contributed by atoms with Gasteiger partial charge in [0.25, 0.3) is 0 Å². The van der Waals surface area contributed by atoms with E-state index in [1.807, 2.05) is 36.5 Å². The van der Waals surface area contributed by atoms with Crippen LogP contribution >= 0.6 is 11.8 Å². The Balaban J connectivity index is 1.57. The summed E-state index contributed by atoms with van der Waals surface area (Å²) in [5, 5.41) is 0.744. The molecule has 1 aliphatic rings. The van der Waals surface area contributed by atoms with Gasteiger partial charge in [0.2, 0.25) is 0 Å². The molecule has 0 spiro atoms. The predicted octanol–water partition coefficient (Wildman–Crippen LogP) is 4.85. The minimum Gasteiger partial charge on any atom is -0.496 e. The van der Waals surface area contributed by atoms with Crippen LogP contribution in [0.2, 0.25) is 0 Å². The molecule has 2 aromatic carbocycles. The number of ether oxygens (including phenoxy) is 2. The highest BCUT2D eigenvalue weighted by Gasteiger charge is 2.22. The maximum Gasteiger partial charge on any atom is 0.177 e. The van der Waals surface area contributed by atoms with Crippen molar-refractivity contribution >= 4 is 17.5 Å². The molecule has 30 heavy (non-hydrogen) atoms. The van der Waals surface area contributed by atoms with Crippen LogP contribution in [-0.4, -0.2) is 40.9 Å². The standard InChI is InChI=1S/C23H23FN2O3S/c1-28-22-10-9-17(24)12-19(22)21(27)15-30-23-25-13-20(16-6-3-2-4-7-16)26(23)14-18-8-5-11-29-18/h2-4,6-7,9-10,12-13,18H,5,8,11,14-15H2,1H3. The van der Waals surface area contributed by atoms with Gasteiger partial charge in [0.1, 0.15) is 11.6 Å². The summed E-state index contributed by atoms with van der Waals surface area (Å²) in [4.78, 5) is 17.3. The molecule has 1 atom stereocenters. The van der Waals surface area contributed by atoms with Crippen LogP contribution in [-0.2, 0) is 11.3 Å². The molecule has 1 unspecified atom stereocenters. The number of rotatable bonds is 8. The van der Waals surface area contributed by atoms with E-state index in [0.717, 1.165) is 35.9 Å². The van der Waals surface area contributed by atoms with Crippen molar-refractivity contribution in [3.63, 3.8) is 0 Å². The van der Waals surface area contributed by atoms with Crippen molar-refractivity contribution in [3.05, 3.63) is 66.1 Å². The van der Waals surface area contributed by atoms with Gasteiger partial charge < -0.3 is 14.0 Å². The van der Waals surface area contributed by atoms with E-state index >= 15 is 0 Å². The fourth-order valence-corrected chi connectivity index (χ4v) is 4.46. The number of carbonyl (C=O) groups excluding carboxylic acids is 1. The minimum atomic E-state index is -0.463. The lowest BCUT2D eigenvalue weighted by molar-refractivity contribution is 0.0954. The maximum absolute atomic E-state index is 13.6. The zero-order valence-electron chi connectivity index (χ0n) is 16.7. The van der Waals surface area contributed by atoms with Crippen LogP contribution in [0.25, 0.3) is 11.3 Å². The van der Waals surface area contributed by atoms with Gasteiger partial charge in [-0.3, -0.25) is 4.79 Å². The average molecular weight is 427 g/mol. The number of carbonyl (C=O) groups is 1. The van der Waals surface area contributed by atoms with Crippen molar-refractivity contribution in [2.45, 2.75) is 30.6 Å². The van der Waals surface area contributed by atoms with E-state index in [-0.39, 0.29) is 23.2 Å². The number of imidazole rings is 1. The molecule has 0 amide bonds. The van der Waals surface area contributed by atoms with Crippen molar-refractivity contribution in [1.82, 2.24) is 9.55 Å². The third-order valence-corrected chi connectivity index (χ3v) is 6.08. The number of Topliss-reactive ketones (excluding diaryl/α,β-unsaturated/α-hetero) is 1. The second-order valence-corrected chi connectivity index (χ2v) is 8.04. The van der Waals surface area contributed by atoms with Crippen molar-refractivity contribution in [3.8, 4) is 17.0 Å². The molecular formula is C23H23FN2O3S. The van der Waals surface area contributed by atoms with Gasteiger partial charge in [-0.05, 0) is 36.6 Å². The first kappa shape index (κ1) is 20.6. The predicted molar refractivity (Wildman–Crippen MR) is 115 cm³/mol. The van der Waals surface area contributed by atoms with E-state index in [1.165, 1.54) is 37.1 Å². The molecule has 2 heterocycles. The van der Waals surface area contributed by atoms with Crippen molar-refractivity contribution in [1.29, 1.82) is 0 Å². The molecule has 1 fully saturated rings. The van der Waals surface area contributed by atoms with Crippen molar-refractivity contribution in [2.75, 3.05) is 19.5 Å². The van der Waals surface area contributed by atoms with E-state index in [1.54, 1.807) is 0 Å². The minimum absolute atomic E-state index is 0.135. The van der Waals surface area contributed by atoms with Crippen LogP contribution in [0.5, 0.6) is 5.75 Å². The summed E-state index contributed by atoms with van der Waals surface area (Å²) in [6.45, 7) is 1.46. The van der Waals surface area contributed by atoms with Gasteiger partial charge in [0, 0.05) is 6.61 Å². The molecule has 0 aliphatic carbocycles. The zero-order chi connectivity index (χ0) is 20.9. The highest BCUT2D eigenvalue weighted by Crippen LogP contribution is 2.29. The largest absolute Gasteiger partial charge is 0.496 e. The fraction of sp³-hybridized carbons (Fsp3) is 0.304. The van der Waals surface area contributed by atoms with Crippen LogP contribution in [0.15, 0.2) is 59.9 Å². The van der Waals surface area contributed by atoms with Gasteiger partial charge in [-0.15, -0.1) is 0 Å². The molecule has 0 radical (unpaired) electrons. The fourth-order valence-electron chi connectivity index (χ4n) is 3.59. The molecule has 0 bridgehead atoms. The lowest BCUT2D eigenvalue weighted by Gasteiger charge is -2.16. The molecule has 4 rings (SSSR count). The smallest absolute Gasteiger partial charge is 0.177 e. The summed E-state index contributed by atoms with van der Waals surface area (Å²) in [6, 6.07) is 14.0. The van der Waals surface area contributed by atoms with Crippen LogP contribution in [0.4, 0.5) is 4.39 Å². The Morgan fingerprint density at radius 1 is 1.30 bits per heavy atom. The Morgan fingerprint density at radius 2 is 2.13 bits per heavy atom. The lowest BCUT2D eigenvalue weighted by atomic mass is 10.1. The molecule has 7 heteroatoms. The number of halogens is 1. The molecule has 1 aromatic heterocycles. The first-order valence-electron chi connectivity index (χ1n) is 9.88. The van der Waals surface area contributed by atoms with E-state index in [2.05, 4.69) is 9.55 Å². The number of nitrogens with zero attached hydrogens (tertiary/aromatic N) is 2. The molecule has 1 aliphatic heterocycles. The molecule has 3 aromatic rings. The first-order valence-corrected chi connectivity index (χ1v) is 10.9. The Labute approximate surface area is 179 Å². The maximum atomic E-state index is 13.6. The molecular weight excluding hydrogens is 403 g/mol. The second-order valence-electron chi connectivity index (χ2n) is 7.09. The van der Waals surface area contributed by atoms with Crippen molar-refractivity contribution in [2.24, 2.45) is 0 Å². The summed E-state index contributed by atoms with van der Waals surface area (Å²) in [7, 11) is 1.47.